The van der Waals surface area contributed by atoms with Crippen molar-refractivity contribution in [1.82, 2.24) is 4.90 Å². The Morgan fingerprint density at radius 2 is 1.64 bits per heavy atom. The van der Waals surface area contributed by atoms with Crippen molar-refractivity contribution in [3.8, 4) is 0 Å². The molecule has 0 radical (unpaired) electrons. The maximum absolute atomic E-state index is 7.00. The summed E-state index contributed by atoms with van der Waals surface area (Å²) in [6.07, 6.45) is 37.7. The fraction of sp³-hybridized carbons (Fsp3) is 0.674. The molecule has 4 heteroatoms. The maximum Gasteiger partial charge on any atom is 0.0319 e. The van der Waals surface area contributed by atoms with Gasteiger partial charge in [-0.15, -0.1) is 0 Å². The standard InChI is InChI=1S/C33H56NP.C7H10.C2H6.CH4O.H2O/c1-9-12-18-29(8)35(31-19-14-13-15-20-31)30(10-2)24-23-28(7)34(11-3)33-22-17-16-21-32(33)27(6)25-26(4)5;1-7-5-3-2-4-6-7;2*1-2;/h12,16-19,23-24,26,28-30,32-33H,6,9-11,13-15,20-22,25H2,1-5,7-8H3;2-3,5H,4,6H2,1H3;1-2H3;2H,1H3;1H2/b18-12-,24-23-;;;;/t28-,29-,30+,32?,33?,35?;;;;/m1..../s1. The van der Waals surface area contributed by atoms with E-state index in [1.165, 1.54) is 56.1 Å². The molecule has 0 spiro atoms. The Morgan fingerprint density at radius 3 is 2.13 bits per heavy atom. The molecular weight excluding hydrogens is 593 g/mol. The SMILES string of the molecule is C=C(CC(C)C)C1CC=CCC1N(CC)[C@H](C)/C=C\[C@H](CC)P(C1=CCCCC1)[C@H](C)/C=C\CC.CC.CC1=CC=CCC1.CO.O. The lowest BCUT2D eigenvalue weighted by Gasteiger charge is -2.41. The van der Waals surface area contributed by atoms with Crippen LogP contribution in [0.3, 0.4) is 0 Å². The second kappa shape index (κ2) is 29.4. The van der Waals surface area contributed by atoms with Gasteiger partial charge in [0.15, 0.2) is 0 Å². The second-order valence-electron chi connectivity index (χ2n) is 13.2. The van der Waals surface area contributed by atoms with Gasteiger partial charge in [-0.2, -0.15) is 0 Å². The molecule has 0 amide bonds. The minimum Gasteiger partial charge on any atom is -0.412 e. The summed E-state index contributed by atoms with van der Waals surface area (Å²) in [5, 5.41) is 8.79. The number of hydrogen-bond acceptors (Lipinski definition) is 2. The fourth-order valence-electron chi connectivity index (χ4n) is 6.91. The lowest BCUT2D eigenvalue weighted by molar-refractivity contribution is 0.133. The summed E-state index contributed by atoms with van der Waals surface area (Å²) in [7, 11) is 0.831. The molecule has 0 bridgehead atoms. The van der Waals surface area contributed by atoms with Crippen LogP contribution in [0.1, 0.15) is 140 Å². The van der Waals surface area contributed by atoms with E-state index in [1.54, 1.807) is 5.31 Å². The molecule has 272 valence electrons. The van der Waals surface area contributed by atoms with Crippen molar-refractivity contribution >= 4 is 7.92 Å². The topological polar surface area (TPSA) is 55.0 Å². The van der Waals surface area contributed by atoms with Gasteiger partial charge in [-0.3, -0.25) is 4.90 Å². The minimum absolute atomic E-state index is 0. The summed E-state index contributed by atoms with van der Waals surface area (Å²) < 4.78 is 0. The van der Waals surface area contributed by atoms with Gasteiger partial charge in [0, 0.05) is 24.9 Å². The van der Waals surface area contributed by atoms with Crippen LogP contribution in [0.2, 0.25) is 0 Å². The quantitative estimate of drug-likeness (QED) is 0.148. The molecule has 0 aromatic rings. The zero-order chi connectivity index (χ0) is 34.9. The molecule has 0 saturated heterocycles. The highest BCUT2D eigenvalue weighted by atomic mass is 31.1. The van der Waals surface area contributed by atoms with Gasteiger partial charge in [0.1, 0.15) is 0 Å². The largest absolute Gasteiger partial charge is 0.412 e. The van der Waals surface area contributed by atoms with E-state index in [9.17, 15) is 0 Å². The third-order valence-corrected chi connectivity index (χ3v) is 12.6. The van der Waals surface area contributed by atoms with Gasteiger partial charge < -0.3 is 10.6 Å². The first-order valence-electron chi connectivity index (χ1n) is 18.9. The maximum atomic E-state index is 7.00. The zero-order valence-electron chi connectivity index (χ0n) is 32.8. The zero-order valence-corrected chi connectivity index (χ0v) is 33.7. The van der Waals surface area contributed by atoms with E-state index in [2.05, 4.69) is 128 Å². The van der Waals surface area contributed by atoms with E-state index >= 15 is 0 Å². The van der Waals surface area contributed by atoms with Crippen molar-refractivity contribution in [2.75, 3.05) is 13.7 Å². The summed E-state index contributed by atoms with van der Waals surface area (Å²) in [4.78, 5) is 2.76. The van der Waals surface area contributed by atoms with E-state index in [4.69, 9.17) is 5.11 Å². The van der Waals surface area contributed by atoms with E-state index < -0.39 is 0 Å². The van der Waals surface area contributed by atoms with Crippen LogP contribution < -0.4 is 0 Å². The van der Waals surface area contributed by atoms with Gasteiger partial charge in [-0.05, 0) is 114 Å². The predicted molar refractivity (Wildman–Crippen MR) is 217 cm³/mol. The van der Waals surface area contributed by atoms with Crippen LogP contribution in [0.4, 0.5) is 0 Å². The summed E-state index contributed by atoms with van der Waals surface area (Å²) in [5.41, 5.74) is 4.29. The highest BCUT2D eigenvalue weighted by molar-refractivity contribution is 7.63. The van der Waals surface area contributed by atoms with Crippen molar-refractivity contribution in [3.05, 3.63) is 83.8 Å². The Kier molecular flexibility index (Phi) is 29.8. The van der Waals surface area contributed by atoms with E-state index in [-0.39, 0.29) is 13.4 Å². The number of rotatable bonds is 14. The Labute approximate surface area is 295 Å². The first-order valence-corrected chi connectivity index (χ1v) is 20.4. The van der Waals surface area contributed by atoms with Gasteiger partial charge in [-0.1, -0.05) is 142 Å². The Hall–Kier alpha value is -1.51. The summed E-state index contributed by atoms with van der Waals surface area (Å²) in [6, 6.07) is 1.03. The van der Waals surface area contributed by atoms with Crippen LogP contribution in [0.5, 0.6) is 0 Å². The molecule has 0 fully saturated rings. The molecule has 47 heavy (non-hydrogen) atoms. The predicted octanol–water partition coefficient (Wildman–Crippen LogP) is 12.4. The van der Waals surface area contributed by atoms with Gasteiger partial charge in [-0.25, -0.2) is 0 Å². The monoisotopic (exact) mass is 672 g/mol. The van der Waals surface area contributed by atoms with E-state index in [0.717, 1.165) is 39.3 Å². The van der Waals surface area contributed by atoms with Crippen molar-refractivity contribution in [2.24, 2.45) is 11.8 Å². The molecule has 3 aliphatic carbocycles. The first kappa shape index (κ1) is 47.6. The van der Waals surface area contributed by atoms with Crippen LogP contribution in [0, 0.1) is 11.8 Å². The highest BCUT2D eigenvalue weighted by Gasteiger charge is 2.32. The number of aliphatic hydroxyl groups is 1. The van der Waals surface area contributed by atoms with Crippen molar-refractivity contribution in [3.63, 3.8) is 0 Å². The van der Waals surface area contributed by atoms with Gasteiger partial charge in [0.2, 0.25) is 0 Å². The first-order chi connectivity index (χ1) is 22.2. The average molecular weight is 672 g/mol. The second-order valence-corrected chi connectivity index (χ2v) is 16.1. The molecule has 0 aromatic heterocycles. The molecular formula is C43H78NO2P. The van der Waals surface area contributed by atoms with Gasteiger partial charge >= 0.3 is 0 Å². The molecule has 3 rings (SSSR count). The number of likely N-dealkylation sites (N-methyl/N-ethyl adjacent to an activating group) is 1. The third kappa shape index (κ3) is 18.2. The molecule has 0 heterocycles. The molecule has 0 aliphatic heterocycles. The van der Waals surface area contributed by atoms with Crippen molar-refractivity contribution in [2.45, 2.75) is 163 Å². The highest BCUT2D eigenvalue weighted by Crippen LogP contribution is 2.58. The molecule has 3 unspecified atom stereocenters. The number of hydrogen-bond donors (Lipinski definition) is 1. The minimum atomic E-state index is -0.169. The van der Waals surface area contributed by atoms with E-state index in [1.807, 2.05) is 13.8 Å². The fourth-order valence-corrected chi connectivity index (χ4v) is 10.2. The molecule has 6 atom stereocenters. The summed E-state index contributed by atoms with van der Waals surface area (Å²) in [6.45, 7) is 28.4. The normalized spacial score (nSPS) is 21.6. The molecule has 3 N–H and O–H groups in total. The lowest BCUT2D eigenvalue weighted by atomic mass is 9.79. The Balaban J connectivity index is 0. The summed E-state index contributed by atoms with van der Waals surface area (Å²) in [5.74, 6) is 1.27. The van der Waals surface area contributed by atoms with Crippen molar-refractivity contribution < 1.29 is 10.6 Å². The van der Waals surface area contributed by atoms with Gasteiger partial charge in [0.25, 0.3) is 0 Å². The number of allylic oxidation sites excluding steroid dienone is 10. The molecule has 3 aliphatic rings. The lowest BCUT2D eigenvalue weighted by Crippen LogP contribution is -2.46. The number of nitrogens with zero attached hydrogens (tertiary/aromatic N) is 1. The van der Waals surface area contributed by atoms with Crippen molar-refractivity contribution in [1.29, 1.82) is 0 Å². The average Bonchev–Trinajstić information content (AvgIpc) is 3.08. The number of aliphatic hydroxyl groups excluding tert-OH is 1. The Morgan fingerprint density at radius 1 is 0.957 bits per heavy atom. The smallest absolute Gasteiger partial charge is 0.0319 e. The van der Waals surface area contributed by atoms with Crippen LogP contribution in [-0.4, -0.2) is 52.5 Å². The van der Waals surface area contributed by atoms with Crippen LogP contribution >= 0.6 is 7.92 Å². The molecule has 0 aromatic carbocycles. The van der Waals surface area contributed by atoms with E-state index in [0.29, 0.717) is 35.2 Å². The van der Waals surface area contributed by atoms with Crippen LogP contribution in [0.25, 0.3) is 0 Å². The molecule has 3 nitrogen and oxygen atoms in total. The Bertz CT molecular complexity index is 972. The third-order valence-electron chi connectivity index (χ3n) is 9.21. The molecule has 0 saturated carbocycles. The van der Waals surface area contributed by atoms with Crippen LogP contribution in [-0.2, 0) is 0 Å². The van der Waals surface area contributed by atoms with Gasteiger partial charge in [0.05, 0.1) is 0 Å². The van der Waals surface area contributed by atoms with Crippen LogP contribution in [0.15, 0.2) is 83.8 Å². The summed E-state index contributed by atoms with van der Waals surface area (Å²) >= 11 is 0.